The molecule has 0 radical (unpaired) electrons. The molecule has 0 saturated carbocycles. The van der Waals surface area contributed by atoms with Crippen molar-refractivity contribution in [2.24, 2.45) is 17.8 Å². The van der Waals surface area contributed by atoms with Crippen molar-refractivity contribution in [2.75, 3.05) is 107 Å². The second kappa shape index (κ2) is 25.9. The number of allylic oxidation sites excluding steroid dienone is 1. The molecule has 9 rings (SSSR count). The fraction of sp³-hybridized carbons (Fsp3) is 0.442. The van der Waals surface area contributed by atoms with E-state index in [4.69, 9.17) is 40.4 Å². The number of benzene rings is 2. The molecule has 0 unspecified atom stereocenters. The summed E-state index contributed by atoms with van der Waals surface area (Å²) in [6.07, 6.45) is 4.81. The molecule has 16 nitrogen and oxygen atoms in total. The predicted octanol–water partition coefficient (Wildman–Crippen LogP) is 8.56. The number of amides is 2. The summed E-state index contributed by atoms with van der Waals surface area (Å²) in [4.78, 5) is 32.1. The minimum atomic E-state index is -4.54. The normalized spacial score (nSPS) is 18.6. The second-order valence-electron chi connectivity index (χ2n) is 17.9. The minimum Gasteiger partial charge on any atom is -0.404 e. The van der Waals surface area contributed by atoms with E-state index in [2.05, 4.69) is 57.3 Å². The number of nitrogen functional groups attached to an aromatic ring is 1. The van der Waals surface area contributed by atoms with Crippen LogP contribution in [0.5, 0.6) is 0 Å². The Hall–Kier alpha value is -6.25. The first-order chi connectivity index (χ1) is 34.2. The average Bonchev–Trinajstić information content (AvgIpc) is 3.83. The number of aromatic nitrogens is 4. The fourth-order valence-electron chi connectivity index (χ4n) is 8.53. The summed E-state index contributed by atoms with van der Waals surface area (Å²) in [5.74, 6) is 1.72. The van der Waals surface area contributed by atoms with E-state index in [1.54, 1.807) is 30.1 Å². The van der Waals surface area contributed by atoms with Crippen molar-refractivity contribution in [1.82, 2.24) is 24.6 Å². The fourth-order valence-corrected chi connectivity index (χ4v) is 8.53. The third-order valence-corrected chi connectivity index (χ3v) is 12.5. The third-order valence-electron chi connectivity index (χ3n) is 12.5. The molecule has 4 aliphatic rings. The number of urea groups is 1. The molecule has 5 N–H and O–H groups in total. The van der Waals surface area contributed by atoms with E-state index < -0.39 is 24.9 Å². The topological polar surface area (TPSA) is 184 Å². The quantitative estimate of drug-likeness (QED) is 0.0996. The Morgan fingerprint density at radius 3 is 2.01 bits per heavy atom. The summed E-state index contributed by atoms with van der Waals surface area (Å²) in [6, 6.07) is 18.9. The standard InChI is InChI=1S/C26H31F3N6O3.C20H23N5O.C6H12O.ClH/c1-17-3-4-20(32-25(36)35-7-10-38-23(16-35)26(27,28)29)13-21(17)18-11-22(19(14-30)15-31-2)33-24(12-18)34-5-8-37-9-6-34;1-14-3-4-17(21)11-18(14)15-9-19(16-12-22-24(2)13-16)23-20(10-15)25-5-7-26-8-6-25;1-6-4-2-3-5-7-6;/h3-4,11-15,23H,5-10,16,30H2,1-2H3,(H,32,36);3-4,9-13H,5-8,21H2,1-2H3;6H,2-5H2,1H3;1H/t23-;;6-;/m0.1./s1. The van der Waals surface area contributed by atoms with Gasteiger partial charge < -0.3 is 50.4 Å². The van der Waals surface area contributed by atoms with Crippen LogP contribution in [0.2, 0.25) is 0 Å². The molecule has 5 aromatic rings. The van der Waals surface area contributed by atoms with Crippen molar-refractivity contribution in [1.29, 1.82) is 0 Å². The van der Waals surface area contributed by atoms with Crippen LogP contribution in [0.1, 0.15) is 43.0 Å². The van der Waals surface area contributed by atoms with E-state index in [0.717, 1.165) is 94.2 Å². The van der Waals surface area contributed by atoms with E-state index in [0.29, 0.717) is 49.4 Å². The van der Waals surface area contributed by atoms with Crippen LogP contribution in [0.15, 0.2) is 84.2 Å². The number of rotatable bonds is 8. The van der Waals surface area contributed by atoms with Gasteiger partial charge in [0.15, 0.2) is 6.10 Å². The van der Waals surface area contributed by atoms with Crippen molar-refractivity contribution in [3.63, 3.8) is 0 Å². The highest BCUT2D eigenvalue weighted by Gasteiger charge is 2.44. The number of alkyl halides is 3. The number of nitrogens with zero attached hydrogens (tertiary/aromatic N) is 8. The highest BCUT2D eigenvalue weighted by Crippen LogP contribution is 2.34. The Kier molecular flexibility index (Phi) is 19.8. The monoisotopic (exact) mass is 1020 g/mol. The van der Waals surface area contributed by atoms with Gasteiger partial charge in [-0.05, 0) is 122 Å². The SMILES string of the molecule is CN=CC(=CN)c1cc(-c2cc(NC(=O)N3CCO[C@H](C(F)(F)F)C3)ccc2C)cc(N2CCOCC2)n1.C[C@@H]1CCCCO1.Cc1ccc(N)cc1-c1cc(-c2cnn(C)c2)nc(N2CCOCC2)c1.Cl. The predicted molar refractivity (Wildman–Crippen MR) is 281 cm³/mol. The summed E-state index contributed by atoms with van der Waals surface area (Å²) < 4.78 is 62.1. The lowest BCUT2D eigenvalue weighted by molar-refractivity contribution is -0.233. The van der Waals surface area contributed by atoms with Crippen LogP contribution in [0.25, 0.3) is 39.1 Å². The van der Waals surface area contributed by atoms with Crippen LogP contribution in [-0.4, -0.2) is 141 Å². The third kappa shape index (κ3) is 14.9. The molecule has 7 heterocycles. The molecule has 72 heavy (non-hydrogen) atoms. The largest absolute Gasteiger partial charge is 0.416 e. The Labute approximate surface area is 426 Å². The minimum absolute atomic E-state index is 0. The number of carbonyl (C=O) groups is 1. The first kappa shape index (κ1) is 55.1. The van der Waals surface area contributed by atoms with Gasteiger partial charge in [-0.3, -0.25) is 9.67 Å². The number of carbonyl (C=O) groups excluding carboxylic acids is 1. The van der Waals surface area contributed by atoms with Gasteiger partial charge in [0.05, 0.1) is 63.3 Å². The van der Waals surface area contributed by atoms with Gasteiger partial charge in [0, 0.05) is 94.5 Å². The lowest BCUT2D eigenvalue weighted by Crippen LogP contribution is -2.52. The smallest absolute Gasteiger partial charge is 0.404 e. The Bertz CT molecular complexity index is 2630. The number of hydrogen-bond acceptors (Lipinski definition) is 13. The van der Waals surface area contributed by atoms with Crippen molar-refractivity contribution < 1.29 is 36.9 Å². The summed E-state index contributed by atoms with van der Waals surface area (Å²) in [7, 11) is 3.57. The lowest BCUT2D eigenvalue weighted by atomic mass is 9.98. The molecule has 0 aliphatic carbocycles. The first-order valence-electron chi connectivity index (χ1n) is 24.1. The zero-order chi connectivity index (χ0) is 50.5. The van der Waals surface area contributed by atoms with Gasteiger partial charge >= 0.3 is 12.2 Å². The molecule has 2 atom stereocenters. The van der Waals surface area contributed by atoms with E-state index in [1.165, 1.54) is 31.0 Å². The Morgan fingerprint density at radius 2 is 1.44 bits per heavy atom. The number of pyridine rings is 2. The highest BCUT2D eigenvalue weighted by molar-refractivity contribution is 6.09. The van der Waals surface area contributed by atoms with E-state index >= 15 is 0 Å². The van der Waals surface area contributed by atoms with Crippen molar-refractivity contribution in [3.05, 3.63) is 96.1 Å². The summed E-state index contributed by atoms with van der Waals surface area (Å²) in [6.45, 7) is 12.2. The highest BCUT2D eigenvalue weighted by atomic mass is 35.5. The zero-order valence-corrected chi connectivity index (χ0v) is 42.5. The zero-order valence-electron chi connectivity index (χ0n) is 41.7. The summed E-state index contributed by atoms with van der Waals surface area (Å²) in [5, 5.41) is 7.03. The molecule has 4 fully saturated rings. The van der Waals surface area contributed by atoms with Crippen LogP contribution in [0, 0.1) is 13.8 Å². The number of aliphatic imine (C=N–C) groups is 1. The maximum atomic E-state index is 13.1. The van der Waals surface area contributed by atoms with Crippen LogP contribution in [-0.2, 0) is 26.0 Å². The number of hydrogen-bond donors (Lipinski definition) is 3. The van der Waals surface area contributed by atoms with Crippen LogP contribution >= 0.6 is 12.4 Å². The van der Waals surface area contributed by atoms with Gasteiger partial charge in [0.25, 0.3) is 0 Å². The molecule has 388 valence electrons. The molecular weight excluding hydrogens is 951 g/mol. The molecule has 0 bridgehead atoms. The molecule has 20 heteroatoms. The summed E-state index contributed by atoms with van der Waals surface area (Å²) in [5.41, 5.74) is 22.4. The molecule has 2 aromatic carbocycles. The van der Waals surface area contributed by atoms with E-state index in [-0.39, 0.29) is 25.6 Å². The number of aryl methyl sites for hydroxylation is 3. The van der Waals surface area contributed by atoms with Crippen molar-refractivity contribution in [2.45, 2.75) is 58.4 Å². The van der Waals surface area contributed by atoms with Gasteiger partial charge in [-0.15, -0.1) is 12.4 Å². The number of halogens is 4. The van der Waals surface area contributed by atoms with Crippen LogP contribution in [0.4, 0.5) is 41.0 Å². The number of morpholine rings is 3. The van der Waals surface area contributed by atoms with Gasteiger partial charge in [-0.25, -0.2) is 14.8 Å². The van der Waals surface area contributed by atoms with Crippen molar-refractivity contribution in [3.8, 4) is 33.5 Å². The Balaban J connectivity index is 0.000000214. The molecular formula is C52H67ClF3N11O5. The number of nitrogens with two attached hydrogens (primary N) is 2. The maximum absolute atomic E-state index is 13.1. The van der Waals surface area contributed by atoms with E-state index in [1.807, 2.05) is 56.7 Å². The van der Waals surface area contributed by atoms with Gasteiger partial charge in [0.2, 0.25) is 0 Å². The van der Waals surface area contributed by atoms with E-state index in [9.17, 15) is 18.0 Å². The van der Waals surface area contributed by atoms with Crippen LogP contribution in [0.3, 0.4) is 0 Å². The van der Waals surface area contributed by atoms with Gasteiger partial charge in [-0.1, -0.05) is 12.1 Å². The first-order valence-corrected chi connectivity index (χ1v) is 24.1. The van der Waals surface area contributed by atoms with Crippen molar-refractivity contribution >= 4 is 53.2 Å². The second-order valence-corrected chi connectivity index (χ2v) is 17.9. The number of nitrogens with one attached hydrogen (secondary N) is 1. The average molecular weight is 1020 g/mol. The maximum Gasteiger partial charge on any atom is 0.416 e. The number of ether oxygens (including phenoxy) is 4. The molecule has 2 amide bonds. The summed E-state index contributed by atoms with van der Waals surface area (Å²) >= 11 is 0. The molecule has 0 spiro atoms. The van der Waals surface area contributed by atoms with Gasteiger partial charge in [-0.2, -0.15) is 18.3 Å². The Morgan fingerprint density at radius 1 is 0.806 bits per heavy atom. The van der Waals surface area contributed by atoms with Crippen LogP contribution < -0.4 is 26.6 Å². The molecule has 4 saturated heterocycles. The molecule has 4 aliphatic heterocycles. The lowest BCUT2D eigenvalue weighted by Gasteiger charge is -2.33. The molecule has 3 aromatic heterocycles. The van der Waals surface area contributed by atoms with Gasteiger partial charge in [0.1, 0.15) is 11.6 Å². The number of anilines is 4.